The van der Waals surface area contributed by atoms with Gasteiger partial charge in [-0.1, -0.05) is 22.8 Å². The summed E-state index contributed by atoms with van der Waals surface area (Å²) >= 11 is 6.11. The Bertz CT molecular complexity index is 1230. The van der Waals surface area contributed by atoms with E-state index >= 15 is 0 Å². The van der Waals surface area contributed by atoms with Crippen molar-refractivity contribution in [2.75, 3.05) is 23.3 Å². The summed E-state index contributed by atoms with van der Waals surface area (Å²) in [7, 11) is 0. The fourth-order valence-corrected chi connectivity index (χ4v) is 4.81. The third-order valence-electron chi connectivity index (χ3n) is 6.36. The molecule has 3 aromatic heterocycles. The topological polar surface area (TPSA) is 122 Å². The van der Waals surface area contributed by atoms with E-state index in [0.29, 0.717) is 29.3 Å². The molecular formula is C22H22ClN9O. The first kappa shape index (κ1) is 20.1. The van der Waals surface area contributed by atoms with Gasteiger partial charge in [0.05, 0.1) is 17.5 Å². The Hall–Kier alpha value is -3.53. The fourth-order valence-electron chi connectivity index (χ4n) is 4.62. The van der Waals surface area contributed by atoms with Crippen LogP contribution in [-0.2, 0) is 12.8 Å². The smallest absolute Gasteiger partial charge is 0.318 e. The molecule has 1 atom stereocenters. The van der Waals surface area contributed by atoms with Gasteiger partial charge in [0.2, 0.25) is 5.95 Å². The quantitative estimate of drug-likeness (QED) is 0.459. The van der Waals surface area contributed by atoms with E-state index in [-0.39, 0.29) is 6.04 Å². The Balaban J connectivity index is 1.07. The minimum Gasteiger partial charge on any atom is -0.403 e. The molecule has 4 heterocycles. The zero-order chi connectivity index (χ0) is 22.2. The van der Waals surface area contributed by atoms with Gasteiger partial charge in [0, 0.05) is 42.5 Å². The first-order valence-electron chi connectivity index (χ1n) is 11.0. The molecule has 0 amide bonds. The molecule has 11 heteroatoms. The lowest BCUT2D eigenvalue weighted by Crippen LogP contribution is -2.33. The molecule has 1 unspecified atom stereocenters. The number of aromatic nitrogens is 7. The number of rotatable bonds is 5. The summed E-state index contributed by atoms with van der Waals surface area (Å²) in [4.78, 5) is 11.0. The van der Waals surface area contributed by atoms with Crippen LogP contribution >= 0.6 is 11.6 Å². The zero-order valence-electron chi connectivity index (χ0n) is 17.8. The molecule has 4 aromatic rings. The summed E-state index contributed by atoms with van der Waals surface area (Å²) in [5, 5.41) is 23.4. The van der Waals surface area contributed by atoms with Crippen molar-refractivity contribution in [2.45, 2.75) is 37.6 Å². The van der Waals surface area contributed by atoms with Crippen molar-refractivity contribution in [3.05, 3.63) is 58.6 Å². The lowest BCUT2D eigenvalue weighted by Gasteiger charge is -2.29. The van der Waals surface area contributed by atoms with Gasteiger partial charge < -0.3 is 14.6 Å². The molecule has 0 saturated carbocycles. The minimum atomic E-state index is 0.250. The average molecular weight is 464 g/mol. The number of anilines is 2. The highest BCUT2D eigenvalue weighted by molar-refractivity contribution is 6.30. The lowest BCUT2D eigenvalue weighted by molar-refractivity contribution is 0.456. The molecule has 1 fully saturated rings. The van der Waals surface area contributed by atoms with Crippen molar-refractivity contribution < 1.29 is 4.42 Å². The second kappa shape index (κ2) is 8.43. The van der Waals surface area contributed by atoms with Gasteiger partial charge in [-0.05, 0) is 48.9 Å². The van der Waals surface area contributed by atoms with E-state index in [9.17, 15) is 0 Å². The Morgan fingerprint density at radius 2 is 1.85 bits per heavy atom. The molecule has 33 heavy (non-hydrogen) atoms. The van der Waals surface area contributed by atoms with Crippen molar-refractivity contribution in [3.63, 3.8) is 0 Å². The Morgan fingerprint density at radius 1 is 1.03 bits per heavy atom. The molecular weight excluding hydrogens is 442 g/mol. The summed E-state index contributed by atoms with van der Waals surface area (Å²) in [5.41, 5.74) is 4.30. The SMILES string of the molecule is Clc1ccc2c(c1)CC(Nc1ncc(-c3nnc(N4CCC(c5cn[nH]n5)CC4)o3)cn1)C2. The molecule has 1 aliphatic carbocycles. The fraction of sp³-hybridized carbons (Fsp3) is 0.364. The van der Waals surface area contributed by atoms with Crippen molar-refractivity contribution in [3.8, 4) is 11.5 Å². The normalized spacial score (nSPS) is 18.5. The Labute approximate surface area is 194 Å². The van der Waals surface area contributed by atoms with E-state index in [1.54, 1.807) is 18.6 Å². The monoisotopic (exact) mass is 463 g/mol. The maximum atomic E-state index is 6.11. The van der Waals surface area contributed by atoms with E-state index in [2.05, 4.69) is 51.9 Å². The number of aromatic amines is 1. The van der Waals surface area contributed by atoms with Crippen LogP contribution in [0.2, 0.25) is 5.02 Å². The highest BCUT2D eigenvalue weighted by Gasteiger charge is 2.26. The number of halogens is 1. The number of H-pyrrole nitrogens is 1. The summed E-state index contributed by atoms with van der Waals surface area (Å²) in [6.07, 6.45) is 8.98. The third kappa shape index (κ3) is 4.13. The van der Waals surface area contributed by atoms with E-state index in [4.69, 9.17) is 16.0 Å². The molecule has 1 aromatic carbocycles. The zero-order valence-corrected chi connectivity index (χ0v) is 18.5. The number of fused-ring (bicyclic) bond motifs is 1. The third-order valence-corrected chi connectivity index (χ3v) is 6.60. The van der Waals surface area contributed by atoms with Crippen LogP contribution in [0.1, 0.15) is 35.6 Å². The van der Waals surface area contributed by atoms with Gasteiger partial charge in [-0.15, -0.1) is 5.10 Å². The molecule has 1 aliphatic heterocycles. The second-order valence-electron chi connectivity index (χ2n) is 8.50. The maximum Gasteiger partial charge on any atom is 0.318 e. The van der Waals surface area contributed by atoms with E-state index in [1.807, 2.05) is 12.1 Å². The van der Waals surface area contributed by atoms with Gasteiger partial charge in [-0.2, -0.15) is 15.4 Å². The van der Waals surface area contributed by atoms with Gasteiger partial charge in [-0.3, -0.25) is 0 Å². The van der Waals surface area contributed by atoms with E-state index in [1.165, 1.54) is 11.1 Å². The first-order chi connectivity index (χ1) is 16.2. The van der Waals surface area contributed by atoms with Crippen molar-refractivity contribution in [1.82, 2.24) is 35.6 Å². The molecule has 0 bridgehead atoms. The molecule has 6 rings (SSSR count). The van der Waals surface area contributed by atoms with Crippen molar-refractivity contribution in [2.24, 2.45) is 0 Å². The highest BCUT2D eigenvalue weighted by atomic mass is 35.5. The largest absolute Gasteiger partial charge is 0.403 e. The Kier molecular flexibility index (Phi) is 5.14. The van der Waals surface area contributed by atoms with Gasteiger partial charge in [-0.25, -0.2) is 9.97 Å². The first-order valence-corrected chi connectivity index (χ1v) is 11.4. The predicted molar refractivity (Wildman–Crippen MR) is 122 cm³/mol. The van der Waals surface area contributed by atoms with Crippen molar-refractivity contribution in [1.29, 1.82) is 0 Å². The van der Waals surface area contributed by atoms with Crippen LogP contribution in [0.15, 0.2) is 41.2 Å². The van der Waals surface area contributed by atoms with Crippen LogP contribution in [0, 0.1) is 0 Å². The summed E-state index contributed by atoms with van der Waals surface area (Å²) in [5.74, 6) is 1.40. The number of hydrogen-bond acceptors (Lipinski definition) is 9. The average Bonchev–Trinajstić information content (AvgIpc) is 3.60. The maximum absolute atomic E-state index is 6.11. The number of nitrogens with one attached hydrogen (secondary N) is 2. The molecule has 2 N–H and O–H groups in total. The molecule has 2 aliphatic rings. The summed E-state index contributed by atoms with van der Waals surface area (Å²) in [6.45, 7) is 1.65. The standard InChI is InChI=1S/C22H22ClN9O/c23-17-2-1-14-8-18(9-15(14)7-17)27-21-24-10-16(11-25-21)20-29-30-22(33-20)32-5-3-13(4-6-32)19-12-26-31-28-19/h1-2,7,10-13,18H,3-6,8-9H2,(H,24,25,27)(H,26,28,31). The van der Waals surface area contributed by atoms with Crippen LogP contribution in [0.3, 0.4) is 0 Å². The molecule has 10 nitrogen and oxygen atoms in total. The molecule has 0 spiro atoms. The van der Waals surface area contributed by atoms with Crippen molar-refractivity contribution >= 4 is 23.6 Å². The molecule has 1 saturated heterocycles. The lowest BCUT2D eigenvalue weighted by atomic mass is 9.94. The van der Waals surface area contributed by atoms with E-state index < -0.39 is 0 Å². The minimum absolute atomic E-state index is 0.250. The van der Waals surface area contributed by atoms with Gasteiger partial charge in [0.1, 0.15) is 0 Å². The molecule has 168 valence electrons. The van der Waals surface area contributed by atoms with Crippen LogP contribution in [0.4, 0.5) is 12.0 Å². The van der Waals surface area contributed by atoms with Gasteiger partial charge in [0.25, 0.3) is 5.89 Å². The van der Waals surface area contributed by atoms with Crippen LogP contribution < -0.4 is 10.2 Å². The predicted octanol–water partition coefficient (Wildman–Crippen LogP) is 3.26. The van der Waals surface area contributed by atoms with Crippen LogP contribution in [0.5, 0.6) is 0 Å². The van der Waals surface area contributed by atoms with E-state index in [0.717, 1.165) is 49.5 Å². The number of nitrogens with zero attached hydrogens (tertiary/aromatic N) is 7. The Morgan fingerprint density at radius 3 is 2.64 bits per heavy atom. The summed E-state index contributed by atoms with van der Waals surface area (Å²) < 4.78 is 5.92. The number of hydrogen-bond donors (Lipinski definition) is 2. The highest BCUT2D eigenvalue weighted by Crippen LogP contribution is 2.30. The molecule has 0 radical (unpaired) electrons. The number of piperidine rings is 1. The van der Waals surface area contributed by atoms with Crippen LogP contribution in [-0.4, -0.2) is 54.7 Å². The number of benzene rings is 1. The summed E-state index contributed by atoms with van der Waals surface area (Å²) in [6, 6.07) is 6.83. The van der Waals surface area contributed by atoms with Gasteiger partial charge >= 0.3 is 6.01 Å². The van der Waals surface area contributed by atoms with Crippen LogP contribution in [0.25, 0.3) is 11.5 Å². The second-order valence-corrected chi connectivity index (χ2v) is 8.94. The van der Waals surface area contributed by atoms with Gasteiger partial charge in [0.15, 0.2) is 0 Å².